The minimum absolute atomic E-state index is 0.0810. The summed E-state index contributed by atoms with van der Waals surface area (Å²) in [6.07, 6.45) is 1.52. The Kier molecular flexibility index (Phi) is 3.27. The zero-order valence-electron chi connectivity index (χ0n) is 8.83. The van der Waals surface area contributed by atoms with Crippen LogP contribution in [0.3, 0.4) is 0 Å². The Morgan fingerprint density at radius 1 is 1.20 bits per heavy atom. The molecule has 0 aliphatic heterocycles. The highest BCUT2D eigenvalue weighted by molar-refractivity contribution is 5.56. The first-order valence-corrected chi connectivity index (χ1v) is 4.77. The van der Waals surface area contributed by atoms with E-state index in [1.54, 1.807) is 0 Å². The summed E-state index contributed by atoms with van der Waals surface area (Å²) in [7, 11) is 0. The van der Waals surface area contributed by atoms with Gasteiger partial charge in [-0.25, -0.2) is 0 Å². The van der Waals surface area contributed by atoms with Gasteiger partial charge in [0.05, 0.1) is 11.6 Å². The summed E-state index contributed by atoms with van der Waals surface area (Å²) in [5.41, 5.74) is 2.22. The molecule has 1 aliphatic carbocycles. The van der Waals surface area contributed by atoms with Gasteiger partial charge in [0.15, 0.2) is 0 Å². The molecule has 74 valence electrons. The monoisotopic (exact) mass is 197 g/mol. The molecule has 0 N–H and O–H groups in total. The molecule has 0 aromatic heterocycles. The molecule has 0 heterocycles. The summed E-state index contributed by atoms with van der Waals surface area (Å²) in [6, 6.07) is 5.81. The molecule has 3 heteroatoms. The maximum Gasteiger partial charge on any atom is 0.134 e. The van der Waals surface area contributed by atoms with E-state index in [1.807, 2.05) is 19.1 Å². The van der Waals surface area contributed by atoms with Gasteiger partial charge in [0, 0.05) is 0 Å². The van der Waals surface area contributed by atoms with E-state index in [0.29, 0.717) is 23.5 Å². The molecule has 3 nitrogen and oxygen atoms in total. The predicted molar refractivity (Wildman–Crippen MR) is 55.0 cm³/mol. The van der Waals surface area contributed by atoms with E-state index in [0.717, 1.165) is 12.0 Å². The highest BCUT2D eigenvalue weighted by Gasteiger charge is 2.22. The van der Waals surface area contributed by atoms with Gasteiger partial charge < -0.3 is 0 Å². The van der Waals surface area contributed by atoms with Gasteiger partial charge in [-0.2, -0.15) is 15.8 Å². The number of nitriles is 3. The van der Waals surface area contributed by atoms with Gasteiger partial charge in [0.2, 0.25) is 0 Å². The van der Waals surface area contributed by atoms with E-state index in [2.05, 4.69) is 13.0 Å². The van der Waals surface area contributed by atoms with Crippen molar-refractivity contribution in [3.8, 4) is 18.2 Å². The van der Waals surface area contributed by atoms with Gasteiger partial charge in [0.25, 0.3) is 0 Å². The second-order valence-corrected chi connectivity index (χ2v) is 3.86. The van der Waals surface area contributed by atoms with Crippen molar-refractivity contribution in [3.63, 3.8) is 0 Å². The quantitative estimate of drug-likeness (QED) is 0.560. The Labute approximate surface area is 89.5 Å². The summed E-state index contributed by atoms with van der Waals surface area (Å²) in [5, 5.41) is 26.6. The van der Waals surface area contributed by atoms with Crippen molar-refractivity contribution >= 4 is 0 Å². The van der Waals surface area contributed by atoms with E-state index in [9.17, 15) is 0 Å². The summed E-state index contributed by atoms with van der Waals surface area (Å²) in [5.74, 6) is 0.397. The number of allylic oxidation sites excluding steroid dienone is 4. The van der Waals surface area contributed by atoms with Gasteiger partial charge >= 0.3 is 0 Å². The van der Waals surface area contributed by atoms with Crippen LogP contribution in [0.4, 0.5) is 0 Å². The first-order chi connectivity index (χ1) is 7.13. The lowest BCUT2D eigenvalue weighted by atomic mass is 9.80. The van der Waals surface area contributed by atoms with Gasteiger partial charge in [-0.3, -0.25) is 0 Å². The Morgan fingerprint density at radius 3 is 2.27 bits per heavy atom. The third-order valence-electron chi connectivity index (χ3n) is 2.57. The Bertz CT molecular complexity index is 445. The molecule has 1 atom stereocenters. The zero-order chi connectivity index (χ0) is 11.4. The molecule has 1 aliphatic rings. The molecule has 15 heavy (non-hydrogen) atoms. The molecule has 0 spiro atoms. The molecule has 0 saturated carbocycles. The minimum Gasteiger partial charge on any atom is -0.192 e. The van der Waals surface area contributed by atoms with Crippen molar-refractivity contribution in [1.29, 1.82) is 15.8 Å². The Balaban J connectivity index is 3.39. The maximum absolute atomic E-state index is 9.00. The average Bonchev–Trinajstić information content (AvgIpc) is 2.19. The maximum atomic E-state index is 9.00. The van der Waals surface area contributed by atoms with Gasteiger partial charge in [-0.15, -0.1) is 0 Å². The highest BCUT2D eigenvalue weighted by atomic mass is 14.3. The van der Waals surface area contributed by atoms with Crippen LogP contribution in [0.15, 0.2) is 22.3 Å². The van der Waals surface area contributed by atoms with Gasteiger partial charge in [0.1, 0.15) is 17.7 Å². The smallest absolute Gasteiger partial charge is 0.134 e. The topological polar surface area (TPSA) is 71.4 Å². The van der Waals surface area contributed by atoms with E-state index in [1.165, 1.54) is 0 Å². The second-order valence-electron chi connectivity index (χ2n) is 3.86. The van der Waals surface area contributed by atoms with Crippen LogP contribution >= 0.6 is 0 Å². The lowest BCUT2D eigenvalue weighted by Gasteiger charge is -2.22. The van der Waals surface area contributed by atoms with Crippen LogP contribution in [0.25, 0.3) is 0 Å². The zero-order valence-corrected chi connectivity index (χ0v) is 8.83. The normalized spacial score (nSPS) is 20.2. The first kappa shape index (κ1) is 11.0. The fourth-order valence-electron chi connectivity index (χ4n) is 1.95. The summed E-state index contributed by atoms with van der Waals surface area (Å²) in [6.45, 7) is 3.95. The van der Waals surface area contributed by atoms with E-state index >= 15 is 0 Å². The van der Waals surface area contributed by atoms with Crippen molar-refractivity contribution in [2.45, 2.75) is 26.7 Å². The highest BCUT2D eigenvalue weighted by Crippen LogP contribution is 2.34. The van der Waals surface area contributed by atoms with Crippen LogP contribution in [0.5, 0.6) is 0 Å². The minimum atomic E-state index is 0.0810. The molecular weight excluding hydrogens is 186 g/mol. The standard InChI is InChI=1S/C12H11N3/c1-8-3-9(2)12(7-15)11(4-8)10(5-13)6-14/h8H,3-4H2,1-2H3. The van der Waals surface area contributed by atoms with Crippen LogP contribution in [0.2, 0.25) is 0 Å². The summed E-state index contributed by atoms with van der Waals surface area (Å²) < 4.78 is 0. The summed E-state index contributed by atoms with van der Waals surface area (Å²) in [4.78, 5) is 0. The molecule has 0 amide bonds. The largest absolute Gasteiger partial charge is 0.192 e. The Hall–Kier alpha value is -2.05. The molecule has 0 bridgehead atoms. The van der Waals surface area contributed by atoms with Crippen molar-refractivity contribution < 1.29 is 0 Å². The Morgan fingerprint density at radius 2 is 1.80 bits per heavy atom. The second kappa shape index (κ2) is 4.45. The molecule has 0 saturated heterocycles. The van der Waals surface area contributed by atoms with Crippen molar-refractivity contribution in [3.05, 3.63) is 22.3 Å². The van der Waals surface area contributed by atoms with Crippen LogP contribution in [-0.2, 0) is 0 Å². The van der Waals surface area contributed by atoms with Crippen molar-refractivity contribution in [2.24, 2.45) is 5.92 Å². The summed E-state index contributed by atoms with van der Waals surface area (Å²) >= 11 is 0. The fourth-order valence-corrected chi connectivity index (χ4v) is 1.95. The number of rotatable bonds is 0. The number of nitrogens with zero attached hydrogens (tertiary/aromatic N) is 3. The van der Waals surface area contributed by atoms with Crippen LogP contribution < -0.4 is 0 Å². The molecule has 0 radical (unpaired) electrons. The third kappa shape index (κ3) is 2.06. The lowest BCUT2D eigenvalue weighted by molar-refractivity contribution is 0.553. The van der Waals surface area contributed by atoms with Crippen LogP contribution in [-0.4, -0.2) is 0 Å². The van der Waals surface area contributed by atoms with Gasteiger partial charge in [-0.05, 0) is 31.3 Å². The van der Waals surface area contributed by atoms with Crippen molar-refractivity contribution in [1.82, 2.24) is 0 Å². The van der Waals surface area contributed by atoms with Gasteiger partial charge in [-0.1, -0.05) is 12.5 Å². The predicted octanol–water partition coefficient (Wildman–Crippen LogP) is 2.60. The molecule has 0 aromatic rings. The van der Waals surface area contributed by atoms with E-state index < -0.39 is 0 Å². The first-order valence-electron chi connectivity index (χ1n) is 4.77. The lowest BCUT2D eigenvalue weighted by Crippen LogP contribution is -2.09. The fraction of sp³-hybridized carbons (Fsp3) is 0.417. The molecular formula is C12H11N3. The van der Waals surface area contributed by atoms with Crippen LogP contribution in [0, 0.1) is 39.9 Å². The molecule has 0 aromatic carbocycles. The molecule has 0 fully saturated rings. The van der Waals surface area contributed by atoms with Crippen LogP contribution in [0.1, 0.15) is 26.7 Å². The number of hydrogen-bond acceptors (Lipinski definition) is 3. The van der Waals surface area contributed by atoms with E-state index in [-0.39, 0.29) is 5.57 Å². The third-order valence-corrected chi connectivity index (χ3v) is 2.57. The van der Waals surface area contributed by atoms with Crippen molar-refractivity contribution in [2.75, 3.05) is 0 Å². The molecule has 1 unspecified atom stereocenters. The molecule has 1 rings (SSSR count). The number of hydrogen-bond donors (Lipinski definition) is 0. The SMILES string of the molecule is CC1=C(C#N)C(=C(C#N)C#N)CC(C)C1. The average molecular weight is 197 g/mol. The van der Waals surface area contributed by atoms with E-state index in [4.69, 9.17) is 15.8 Å².